The van der Waals surface area contributed by atoms with Gasteiger partial charge in [0.2, 0.25) is 0 Å². The summed E-state index contributed by atoms with van der Waals surface area (Å²) in [5.74, 6) is 0. The summed E-state index contributed by atoms with van der Waals surface area (Å²) in [6.07, 6.45) is 11.7. The number of hydrogen-bond donors (Lipinski definition) is 1. The second kappa shape index (κ2) is 6.48. The number of rotatable bonds is 4. The fraction of sp³-hybridized carbons (Fsp3) is 0.143. The minimum atomic E-state index is 1.02. The summed E-state index contributed by atoms with van der Waals surface area (Å²) in [7, 11) is 0. The first-order chi connectivity index (χ1) is 10.8. The van der Waals surface area contributed by atoms with E-state index in [1.165, 1.54) is 32.9 Å². The molecule has 0 aliphatic carbocycles. The van der Waals surface area contributed by atoms with Crippen LogP contribution < -0.4 is 0 Å². The van der Waals surface area contributed by atoms with E-state index in [0.29, 0.717) is 0 Å². The van der Waals surface area contributed by atoms with Gasteiger partial charge in [0.05, 0.1) is 0 Å². The molecule has 0 unspecified atom stereocenters. The van der Waals surface area contributed by atoms with Crippen molar-refractivity contribution in [2.45, 2.75) is 20.3 Å². The molecule has 0 spiro atoms. The molecule has 0 fully saturated rings. The van der Waals surface area contributed by atoms with Crippen molar-refractivity contribution in [1.29, 1.82) is 0 Å². The molecule has 0 bridgehead atoms. The first-order valence-corrected chi connectivity index (χ1v) is 7.84. The molecule has 22 heavy (non-hydrogen) atoms. The molecule has 1 aromatic heterocycles. The van der Waals surface area contributed by atoms with Crippen molar-refractivity contribution in [2.75, 3.05) is 0 Å². The molecule has 0 aliphatic rings. The molecule has 1 heteroatoms. The third-order valence-corrected chi connectivity index (χ3v) is 3.84. The number of H-pyrrole nitrogens is 1. The van der Waals surface area contributed by atoms with Crippen LogP contribution in [0, 0.1) is 0 Å². The molecule has 1 N–H and O–H groups in total. The van der Waals surface area contributed by atoms with E-state index in [0.717, 1.165) is 6.42 Å². The minimum absolute atomic E-state index is 1.02. The van der Waals surface area contributed by atoms with Crippen molar-refractivity contribution < 1.29 is 0 Å². The Balaban J connectivity index is 2.26. The highest BCUT2D eigenvalue weighted by Gasteiger charge is 2.09. The molecule has 0 saturated heterocycles. The predicted octanol–water partition coefficient (Wildman–Crippen LogP) is 6.25. The van der Waals surface area contributed by atoms with Gasteiger partial charge in [0.15, 0.2) is 0 Å². The molecule has 0 aliphatic heterocycles. The van der Waals surface area contributed by atoms with E-state index in [1.807, 2.05) is 13.0 Å². The van der Waals surface area contributed by atoms with Crippen molar-refractivity contribution in [3.8, 4) is 0 Å². The van der Waals surface area contributed by atoms with Gasteiger partial charge in [-0.1, -0.05) is 67.6 Å². The molecule has 110 valence electrons. The van der Waals surface area contributed by atoms with E-state index in [4.69, 9.17) is 0 Å². The first kappa shape index (κ1) is 14.4. The molecule has 1 heterocycles. The maximum atomic E-state index is 3.52. The van der Waals surface area contributed by atoms with Crippen LogP contribution in [0.4, 0.5) is 0 Å². The summed E-state index contributed by atoms with van der Waals surface area (Å²) in [5, 5.41) is 2.59. The number of nitrogens with one attached hydrogen (secondary N) is 1. The Hall–Kier alpha value is -2.54. The molecule has 3 rings (SSSR count). The van der Waals surface area contributed by atoms with Crippen molar-refractivity contribution in [3.63, 3.8) is 0 Å². The number of hydrogen-bond acceptors (Lipinski definition) is 0. The van der Waals surface area contributed by atoms with Crippen LogP contribution in [0.25, 0.3) is 27.4 Å². The van der Waals surface area contributed by atoms with Gasteiger partial charge in [0, 0.05) is 21.8 Å². The number of fused-ring (bicyclic) bond motifs is 3. The van der Waals surface area contributed by atoms with Crippen LogP contribution in [0.5, 0.6) is 0 Å². The van der Waals surface area contributed by atoms with Gasteiger partial charge in [-0.15, -0.1) is 0 Å². The number of aromatic nitrogens is 1. The zero-order chi connectivity index (χ0) is 15.4. The van der Waals surface area contributed by atoms with Crippen molar-refractivity contribution >= 4 is 27.4 Å². The van der Waals surface area contributed by atoms with Gasteiger partial charge >= 0.3 is 0 Å². The lowest BCUT2D eigenvalue weighted by Gasteiger charge is -2.06. The average Bonchev–Trinajstić information content (AvgIpc) is 2.93. The quantitative estimate of drug-likeness (QED) is 0.546. The highest BCUT2D eigenvalue weighted by Crippen LogP contribution is 2.32. The third kappa shape index (κ3) is 2.62. The van der Waals surface area contributed by atoms with Crippen LogP contribution in [0.15, 0.2) is 72.8 Å². The molecule has 0 atom stereocenters. The van der Waals surface area contributed by atoms with Gasteiger partial charge in [0.1, 0.15) is 0 Å². The zero-order valence-corrected chi connectivity index (χ0v) is 13.1. The third-order valence-electron chi connectivity index (χ3n) is 3.84. The predicted molar refractivity (Wildman–Crippen MR) is 98.0 cm³/mol. The number of allylic oxidation sites excluding steroid dienone is 6. The molecule has 2 aromatic carbocycles. The van der Waals surface area contributed by atoms with E-state index >= 15 is 0 Å². The van der Waals surface area contributed by atoms with E-state index < -0.39 is 0 Å². The van der Waals surface area contributed by atoms with Crippen LogP contribution in [0.2, 0.25) is 0 Å². The molecule has 0 radical (unpaired) electrons. The van der Waals surface area contributed by atoms with Crippen LogP contribution >= 0.6 is 0 Å². The van der Waals surface area contributed by atoms with Gasteiger partial charge in [0.25, 0.3) is 0 Å². The van der Waals surface area contributed by atoms with Crippen LogP contribution in [0.3, 0.4) is 0 Å². The average molecular weight is 287 g/mol. The van der Waals surface area contributed by atoms with Crippen molar-refractivity contribution in [3.05, 3.63) is 78.4 Å². The highest BCUT2D eigenvalue weighted by atomic mass is 14.7. The maximum Gasteiger partial charge on any atom is 0.0471 e. The van der Waals surface area contributed by atoms with Crippen molar-refractivity contribution in [1.82, 2.24) is 4.98 Å². The molecule has 1 nitrogen and oxygen atoms in total. The Morgan fingerprint density at radius 2 is 1.82 bits per heavy atom. The lowest BCUT2D eigenvalue weighted by Crippen LogP contribution is -1.83. The monoisotopic (exact) mass is 287 g/mol. The Morgan fingerprint density at radius 3 is 2.64 bits per heavy atom. The normalized spacial score (nSPS) is 13.1. The van der Waals surface area contributed by atoms with E-state index in [1.54, 1.807) is 0 Å². The summed E-state index contributed by atoms with van der Waals surface area (Å²) >= 11 is 0. The fourth-order valence-corrected chi connectivity index (χ4v) is 2.90. The van der Waals surface area contributed by atoms with Gasteiger partial charge < -0.3 is 4.98 Å². The Kier molecular flexibility index (Phi) is 4.24. The molecular weight excluding hydrogens is 266 g/mol. The number of para-hydroxylation sites is 1. The lowest BCUT2D eigenvalue weighted by molar-refractivity contribution is 1.23. The maximum absolute atomic E-state index is 3.52. The second-order valence-corrected chi connectivity index (χ2v) is 5.35. The largest absolute Gasteiger partial charge is 0.354 e. The summed E-state index contributed by atoms with van der Waals surface area (Å²) in [6.45, 7) is 4.22. The molecular formula is C21H21N. The molecule has 0 saturated carbocycles. The number of benzene rings is 2. The van der Waals surface area contributed by atoms with Gasteiger partial charge in [-0.2, -0.15) is 0 Å². The number of aromatic amines is 1. The Bertz CT molecular complexity index is 875. The summed E-state index contributed by atoms with van der Waals surface area (Å²) in [6, 6.07) is 15.0. The molecule has 0 amide bonds. The summed E-state index contributed by atoms with van der Waals surface area (Å²) in [5.41, 5.74) is 4.95. The summed E-state index contributed by atoms with van der Waals surface area (Å²) < 4.78 is 0. The van der Waals surface area contributed by atoms with E-state index in [-0.39, 0.29) is 0 Å². The standard InChI is InChI=1S/C21H21N/c1-3-5-6-11-16(10-4-2)17-13-9-15-20-21(17)18-12-7-8-14-19(18)22-20/h3,5-15,22H,4H2,1-2H3/b5-3-,11-6-,16-10+. The lowest BCUT2D eigenvalue weighted by atomic mass is 9.98. The zero-order valence-electron chi connectivity index (χ0n) is 13.1. The topological polar surface area (TPSA) is 15.8 Å². The fourth-order valence-electron chi connectivity index (χ4n) is 2.90. The van der Waals surface area contributed by atoms with Gasteiger partial charge in [-0.25, -0.2) is 0 Å². The smallest absolute Gasteiger partial charge is 0.0471 e. The van der Waals surface area contributed by atoms with Gasteiger partial charge in [-0.05, 0) is 36.6 Å². The van der Waals surface area contributed by atoms with Crippen molar-refractivity contribution in [2.24, 2.45) is 0 Å². The van der Waals surface area contributed by atoms with Gasteiger partial charge in [-0.3, -0.25) is 0 Å². The van der Waals surface area contributed by atoms with Crippen LogP contribution in [-0.4, -0.2) is 4.98 Å². The van der Waals surface area contributed by atoms with Crippen LogP contribution in [-0.2, 0) is 0 Å². The SMILES string of the molecule is C\C=C/C=C\C(=C/CC)c1cccc2[nH]c3ccccc3c12. The minimum Gasteiger partial charge on any atom is -0.354 e. The van der Waals surface area contributed by atoms with E-state index in [9.17, 15) is 0 Å². The van der Waals surface area contributed by atoms with Crippen LogP contribution in [0.1, 0.15) is 25.8 Å². The Morgan fingerprint density at radius 1 is 1.00 bits per heavy atom. The molecule has 3 aromatic rings. The summed E-state index contributed by atoms with van der Waals surface area (Å²) in [4.78, 5) is 3.52. The second-order valence-electron chi connectivity index (χ2n) is 5.35. The Labute approximate surface area is 131 Å². The highest BCUT2D eigenvalue weighted by molar-refractivity contribution is 6.12. The first-order valence-electron chi connectivity index (χ1n) is 7.84. The van der Waals surface area contributed by atoms with E-state index in [2.05, 4.69) is 78.7 Å².